The number of ether oxygens (including phenoxy) is 2. The Labute approximate surface area is 147 Å². The van der Waals surface area contributed by atoms with Gasteiger partial charge < -0.3 is 19.9 Å². The first-order valence-corrected chi connectivity index (χ1v) is 8.81. The SMILES string of the molecule is COc1ccc(C2NCC(C3=CC=C4OCCC4C3)[C@H]2C(=O)O)cc1. The van der Waals surface area contributed by atoms with Gasteiger partial charge in [-0.2, -0.15) is 0 Å². The first-order valence-electron chi connectivity index (χ1n) is 8.81. The number of carboxylic acids is 1. The first-order chi connectivity index (χ1) is 12.2. The molecule has 3 aliphatic rings. The molecule has 4 rings (SSSR count). The van der Waals surface area contributed by atoms with Crippen molar-refractivity contribution in [3.8, 4) is 5.75 Å². The van der Waals surface area contributed by atoms with E-state index >= 15 is 0 Å². The maximum atomic E-state index is 12.1. The molecule has 3 unspecified atom stereocenters. The summed E-state index contributed by atoms with van der Waals surface area (Å²) >= 11 is 0. The van der Waals surface area contributed by atoms with E-state index in [0.717, 1.165) is 36.5 Å². The number of nitrogens with one attached hydrogen (secondary N) is 1. The number of rotatable bonds is 4. The van der Waals surface area contributed by atoms with Crippen LogP contribution in [0.3, 0.4) is 0 Å². The number of fused-ring (bicyclic) bond motifs is 1. The van der Waals surface area contributed by atoms with Crippen molar-refractivity contribution in [2.75, 3.05) is 20.3 Å². The Morgan fingerprint density at radius 3 is 2.80 bits per heavy atom. The van der Waals surface area contributed by atoms with Crippen molar-refractivity contribution < 1.29 is 19.4 Å². The first kappa shape index (κ1) is 16.2. The maximum Gasteiger partial charge on any atom is 0.309 e. The van der Waals surface area contributed by atoms with Crippen molar-refractivity contribution in [2.45, 2.75) is 18.9 Å². The molecule has 2 fully saturated rings. The molecule has 1 aliphatic carbocycles. The summed E-state index contributed by atoms with van der Waals surface area (Å²) in [5, 5.41) is 13.3. The molecule has 2 saturated heterocycles. The van der Waals surface area contributed by atoms with Crippen LogP contribution >= 0.6 is 0 Å². The zero-order chi connectivity index (χ0) is 17.4. The molecule has 1 aromatic rings. The summed E-state index contributed by atoms with van der Waals surface area (Å²) in [7, 11) is 1.63. The Balaban J connectivity index is 1.58. The molecule has 0 radical (unpaired) electrons. The summed E-state index contributed by atoms with van der Waals surface area (Å²) in [6.07, 6.45) is 6.06. The molecule has 0 saturated carbocycles. The standard InChI is InChI=1S/C20H23NO4/c1-24-15-5-2-12(3-6-15)19-18(20(22)23)16(11-21-19)13-4-7-17-14(10-13)8-9-25-17/h2-7,14,16,18-19,21H,8-11H2,1H3,(H,22,23)/t14?,16?,18-,19?/m1/s1. The minimum Gasteiger partial charge on any atom is -0.498 e. The molecule has 5 nitrogen and oxygen atoms in total. The van der Waals surface area contributed by atoms with Crippen LogP contribution in [0.15, 0.2) is 47.7 Å². The third kappa shape index (κ3) is 2.93. The number of allylic oxidation sites excluding steroid dienone is 3. The molecular formula is C20H23NO4. The average Bonchev–Trinajstić information content (AvgIpc) is 3.27. The van der Waals surface area contributed by atoms with Gasteiger partial charge in [0.15, 0.2) is 0 Å². The second-order valence-electron chi connectivity index (χ2n) is 6.98. The minimum atomic E-state index is -0.742. The van der Waals surface area contributed by atoms with E-state index in [2.05, 4.69) is 11.4 Å². The van der Waals surface area contributed by atoms with Gasteiger partial charge in [0.25, 0.3) is 0 Å². The Morgan fingerprint density at radius 2 is 2.08 bits per heavy atom. The maximum absolute atomic E-state index is 12.1. The van der Waals surface area contributed by atoms with Crippen LogP contribution in [0.25, 0.3) is 0 Å². The molecule has 5 heteroatoms. The number of aliphatic carboxylic acids is 1. The fraction of sp³-hybridized carbons (Fsp3) is 0.450. The van der Waals surface area contributed by atoms with Crippen molar-refractivity contribution in [3.05, 3.63) is 53.3 Å². The molecule has 25 heavy (non-hydrogen) atoms. The highest BCUT2D eigenvalue weighted by Crippen LogP contribution is 2.43. The molecule has 0 amide bonds. The second-order valence-corrected chi connectivity index (χ2v) is 6.98. The Hall–Kier alpha value is -2.27. The Bertz CT molecular complexity index is 722. The van der Waals surface area contributed by atoms with Crippen molar-refractivity contribution >= 4 is 5.97 Å². The highest BCUT2D eigenvalue weighted by Gasteiger charge is 2.44. The third-order valence-corrected chi connectivity index (χ3v) is 5.67. The van der Waals surface area contributed by atoms with E-state index < -0.39 is 11.9 Å². The van der Waals surface area contributed by atoms with Crippen molar-refractivity contribution in [2.24, 2.45) is 17.8 Å². The lowest BCUT2D eigenvalue weighted by molar-refractivity contribution is -0.143. The van der Waals surface area contributed by atoms with Crippen LogP contribution in [0.4, 0.5) is 0 Å². The van der Waals surface area contributed by atoms with Crippen LogP contribution in [0.1, 0.15) is 24.4 Å². The fourth-order valence-corrected chi connectivity index (χ4v) is 4.34. The van der Waals surface area contributed by atoms with E-state index in [-0.39, 0.29) is 12.0 Å². The summed E-state index contributed by atoms with van der Waals surface area (Å²) in [6.45, 7) is 1.47. The van der Waals surface area contributed by atoms with Crippen molar-refractivity contribution in [1.29, 1.82) is 0 Å². The summed E-state index contributed by atoms with van der Waals surface area (Å²) in [5.41, 5.74) is 2.22. The van der Waals surface area contributed by atoms with Crippen LogP contribution < -0.4 is 10.1 Å². The van der Waals surface area contributed by atoms with Gasteiger partial charge in [-0.3, -0.25) is 4.79 Å². The smallest absolute Gasteiger partial charge is 0.309 e. The Kier molecular flexibility index (Phi) is 4.25. The van der Waals surface area contributed by atoms with Crippen LogP contribution in [0.5, 0.6) is 5.75 Å². The summed E-state index contributed by atoms with van der Waals surface area (Å²) < 4.78 is 10.8. The lowest BCUT2D eigenvalue weighted by Gasteiger charge is -2.26. The van der Waals surface area contributed by atoms with Gasteiger partial charge in [0.05, 0.1) is 25.4 Å². The number of methoxy groups -OCH3 is 1. The number of hydrogen-bond acceptors (Lipinski definition) is 4. The van der Waals surface area contributed by atoms with Gasteiger partial charge in [-0.1, -0.05) is 23.8 Å². The van der Waals surface area contributed by atoms with Crippen molar-refractivity contribution in [1.82, 2.24) is 5.32 Å². The normalized spacial score (nSPS) is 30.9. The Morgan fingerprint density at radius 1 is 1.28 bits per heavy atom. The van der Waals surface area contributed by atoms with Gasteiger partial charge in [-0.25, -0.2) is 0 Å². The predicted molar refractivity (Wildman–Crippen MR) is 93.2 cm³/mol. The van der Waals surface area contributed by atoms with E-state index in [1.165, 1.54) is 5.57 Å². The molecule has 4 atom stereocenters. The van der Waals surface area contributed by atoms with Gasteiger partial charge >= 0.3 is 5.97 Å². The van der Waals surface area contributed by atoms with Crippen molar-refractivity contribution in [3.63, 3.8) is 0 Å². The topological polar surface area (TPSA) is 67.8 Å². The number of carboxylic acid groups (broad SMARTS) is 1. The molecule has 132 valence electrons. The fourth-order valence-electron chi connectivity index (χ4n) is 4.34. The highest BCUT2D eigenvalue weighted by molar-refractivity contribution is 5.73. The monoisotopic (exact) mass is 341 g/mol. The average molecular weight is 341 g/mol. The quantitative estimate of drug-likeness (QED) is 0.881. The lowest BCUT2D eigenvalue weighted by atomic mass is 9.77. The lowest BCUT2D eigenvalue weighted by Crippen LogP contribution is -2.27. The third-order valence-electron chi connectivity index (χ3n) is 5.67. The van der Waals surface area contributed by atoms with Gasteiger partial charge in [-0.05, 0) is 36.6 Å². The highest BCUT2D eigenvalue weighted by atomic mass is 16.5. The van der Waals surface area contributed by atoms with Gasteiger partial charge in [0, 0.05) is 24.4 Å². The molecule has 1 aromatic carbocycles. The number of benzene rings is 1. The number of hydrogen-bond donors (Lipinski definition) is 2. The zero-order valence-electron chi connectivity index (χ0n) is 14.3. The molecule has 2 N–H and O–H groups in total. The van der Waals surface area contributed by atoms with Crippen LogP contribution in [-0.4, -0.2) is 31.3 Å². The molecule has 2 aliphatic heterocycles. The van der Waals surface area contributed by atoms with Gasteiger partial charge in [0.2, 0.25) is 0 Å². The molecule has 0 spiro atoms. The van der Waals surface area contributed by atoms with Crippen LogP contribution in [0.2, 0.25) is 0 Å². The van der Waals surface area contributed by atoms with Crippen LogP contribution in [-0.2, 0) is 9.53 Å². The second kappa shape index (κ2) is 6.56. The molecule has 2 heterocycles. The summed E-state index contributed by atoms with van der Waals surface area (Å²) in [4.78, 5) is 12.1. The van der Waals surface area contributed by atoms with E-state index in [1.54, 1.807) is 7.11 Å². The van der Waals surface area contributed by atoms with E-state index in [1.807, 2.05) is 30.3 Å². The van der Waals surface area contributed by atoms with Crippen LogP contribution in [0, 0.1) is 17.8 Å². The molecule has 0 bridgehead atoms. The summed E-state index contributed by atoms with van der Waals surface area (Å²) in [5.74, 6) is 1.08. The summed E-state index contributed by atoms with van der Waals surface area (Å²) in [6, 6.07) is 7.49. The van der Waals surface area contributed by atoms with E-state index in [4.69, 9.17) is 9.47 Å². The van der Waals surface area contributed by atoms with E-state index in [0.29, 0.717) is 12.5 Å². The number of carbonyl (C=O) groups is 1. The van der Waals surface area contributed by atoms with Gasteiger partial charge in [0.1, 0.15) is 5.75 Å². The molecule has 0 aromatic heterocycles. The largest absolute Gasteiger partial charge is 0.498 e. The van der Waals surface area contributed by atoms with Gasteiger partial charge in [-0.15, -0.1) is 0 Å². The zero-order valence-corrected chi connectivity index (χ0v) is 14.3. The molecular weight excluding hydrogens is 318 g/mol. The van der Waals surface area contributed by atoms with E-state index in [9.17, 15) is 9.90 Å². The predicted octanol–water partition coefficient (Wildman–Crippen LogP) is 2.91. The minimum absolute atomic E-state index is 0.0167.